The Morgan fingerprint density at radius 2 is 1.50 bits per heavy atom. The molecule has 12 heavy (non-hydrogen) atoms. The van der Waals surface area contributed by atoms with E-state index in [1.165, 1.54) is 0 Å². The van der Waals surface area contributed by atoms with E-state index in [9.17, 15) is 0 Å². The Bertz CT molecular complexity index is 55.3. The first-order valence-corrected chi connectivity index (χ1v) is 4.72. The number of nitrogens with one attached hydrogen (secondary N) is 1. The van der Waals surface area contributed by atoms with Crippen LogP contribution in [0.15, 0.2) is 0 Å². The van der Waals surface area contributed by atoms with Gasteiger partial charge in [-0.25, -0.2) is 0 Å². The van der Waals surface area contributed by atoms with Gasteiger partial charge < -0.3 is 14.8 Å². The largest absolute Gasteiger partial charge is 0.352 e. The van der Waals surface area contributed by atoms with E-state index in [1.807, 2.05) is 34.7 Å². The molecule has 0 aromatic rings. The summed E-state index contributed by atoms with van der Waals surface area (Å²) >= 11 is 0. The minimum atomic E-state index is -0.0833. The van der Waals surface area contributed by atoms with Crippen molar-refractivity contribution < 1.29 is 9.47 Å². The van der Waals surface area contributed by atoms with Gasteiger partial charge in [-0.3, -0.25) is 0 Å². The van der Waals surface area contributed by atoms with E-state index in [0.717, 1.165) is 6.54 Å². The lowest BCUT2D eigenvalue weighted by Gasteiger charge is -2.15. The van der Waals surface area contributed by atoms with E-state index in [1.54, 1.807) is 0 Å². The molecule has 0 unspecified atom stereocenters. The molecule has 0 saturated heterocycles. The maximum absolute atomic E-state index is 5.24. The van der Waals surface area contributed by atoms with Crippen LogP contribution in [-0.2, 0) is 9.47 Å². The van der Waals surface area contributed by atoms with Gasteiger partial charge in [0.25, 0.3) is 0 Å². The molecule has 0 rings (SSSR count). The SMILES string of the molecule is CC.CCOC(CNC)OCC. The summed E-state index contributed by atoms with van der Waals surface area (Å²) < 4.78 is 10.5. The first-order chi connectivity index (χ1) is 5.85. The Hall–Kier alpha value is -0.120. The fourth-order valence-corrected chi connectivity index (χ4v) is 0.704. The average Bonchev–Trinajstić information content (AvgIpc) is 2.10. The maximum atomic E-state index is 5.24. The van der Waals surface area contributed by atoms with Crippen LogP contribution in [0, 0.1) is 0 Å². The molecule has 0 aromatic heterocycles. The van der Waals surface area contributed by atoms with Gasteiger partial charge in [0.1, 0.15) is 0 Å². The molecule has 1 N–H and O–H groups in total. The van der Waals surface area contributed by atoms with E-state index < -0.39 is 0 Å². The number of ether oxygens (including phenoxy) is 2. The monoisotopic (exact) mass is 177 g/mol. The fraction of sp³-hybridized carbons (Fsp3) is 1.00. The molecule has 0 bridgehead atoms. The van der Waals surface area contributed by atoms with Gasteiger partial charge in [0, 0.05) is 19.8 Å². The lowest BCUT2D eigenvalue weighted by Crippen LogP contribution is -2.29. The van der Waals surface area contributed by atoms with Gasteiger partial charge in [0.05, 0.1) is 0 Å². The second kappa shape index (κ2) is 13.5. The lowest BCUT2D eigenvalue weighted by atomic mass is 10.6. The number of likely N-dealkylation sites (N-methyl/N-ethyl adjacent to an activating group) is 1. The van der Waals surface area contributed by atoms with Crippen LogP contribution in [0.4, 0.5) is 0 Å². The van der Waals surface area contributed by atoms with Gasteiger partial charge in [-0.1, -0.05) is 13.8 Å². The van der Waals surface area contributed by atoms with E-state index in [-0.39, 0.29) is 6.29 Å². The third-order valence-electron chi connectivity index (χ3n) is 1.08. The quantitative estimate of drug-likeness (QED) is 0.625. The van der Waals surface area contributed by atoms with E-state index in [4.69, 9.17) is 9.47 Å². The third kappa shape index (κ3) is 9.88. The molecule has 0 amide bonds. The molecule has 0 aliphatic carbocycles. The van der Waals surface area contributed by atoms with Gasteiger partial charge in [-0.15, -0.1) is 0 Å². The molecule has 0 radical (unpaired) electrons. The highest BCUT2D eigenvalue weighted by Gasteiger charge is 2.03. The van der Waals surface area contributed by atoms with Crippen molar-refractivity contribution in [3.8, 4) is 0 Å². The zero-order chi connectivity index (χ0) is 9.82. The van der Waals surface area contributed by atoms with Crippen LogP contribution < -0.4 is 5.32 Å². The zero-order valence-corrected chi connectivity index (χ0v) is 9.02. The lowest BCUT2D eigenvalue weighted by molar-refractivity contribution is -0.132. The first-order valence-electron chi connectivity index (χ1n) is 4.72. The van der Waals surface area contributed by atoms with Crippen molar-refractivity contribution in [2.45, 2.75) is 34.0 Å². The highest BCUT2D eigenvalue weighted by Crippen LogP contribution is 1.91. The molecule has 0 heterocycles. The molecule has 0 fully saturated rings. The Kier molecular flexibility index (Phi) is 16.2. The summed E-state index contributed by atoms with van der Waals surface area (Å²) in [6.45, 7) is 10.1. The molecule has 3 heteroatoms. The van der Waals surface area contributed by atoms with Crippen LogP contribution in [0.5, 0.6) is 0 Å². The van der Waals surface area contributed by atoms with Gasteiger partial charge >= 0.3 is 0 Å². The van der Waals surface area contributed by atoms with Crippen LogP contribution >= 0.6 is 0 Å². The molecule has 0 atom stereocenters. The summed E-state index contributed by atoms with van der Waals surface area (Å²) in [4.78, 5) is 0. The minimum Gasteiger partial charge on any atom is -0.352 e. The topological polar surface area (TPSA) is 30.5 Å². The highest BCUT2D eigenvalue weighted by molar-refractivity contribution is 4.45. The van der Waals surface area contributed by atoms with E-state index in [2.05, 4.69) is 5.32 Å². The molecule has 0 saturated carbocycles. The van der Waals surface area contributed by atoms with E-state index in [0.29, 0.717) is 13.2 Å². The zero-order valence-electron chi connectivity index (χ0n) is 9.02. The molecular weight excluding hydrogens is 154 g/mol. The van der Waals surface area contributed by atoms with Crippen LogP contribution in [-0.4, -0.2) is 33.1 Å². The molecule has 3 nitrogen and oxygen atoms in total. The molecular formula is C9H23NO2. The second-order valence-electron chi connectivity index (χ2n) is 1.90. The normalized spacial score (nSPS) is 9.50. The summed E-state index contributed by atoms with van der Waals surface area (Å²) in [5.74, 6) is 0. The summed E-state index contributed by atoms with van der Waals surface area (Å²) in [5, 5.41) is 2.99. The predicted molar refractivity (Wildman–Crippen MR) is 52.3 cm³/mol. The third-order valence-corrected chi connectivity index (χ3v) is 1.08. The van der Waals surface area contributed by atoms with Crippen molar-refractivity contribution in [1.82, 2.24) is 5.32 Å². The van der Waals surface area contributed by atoms with Crippen LogP contribution in [0.25, 0.3) is 0 Å². The fourth-order valence-electron chi connectivity index (χ4n) is 0.704. The maximum Gasteiger partial charge on any atom is 0.169 e. The summed E-state index contributed by atoms with van der Waals surface area (Å²) in [7, 11) is 1.88. The van der Waals surface area contributed by atoms with Crippen molar-refractivity contribution in [2.24, 2.45) is 0 Å². The van der Waals surface area contributed by atoms with Crippen LogP contribution in [0.1, 0.15) is 27.7 Å². The second-order valence-corrected chi connectivity index (χ2v) is 1.90. The molecule has 0 aliphatic heterocycles. The molecule has 0 aromatic carbocycles. The van der Waals surface area contributed by atoms with Crippen molar-refractivity contribution in [3.05, 3.63) is 0 Å². The number of rotatable bonds is 6. The van der Waals surface area contributed by atoms with Gasteiger partial charge in [-0.2, -0.15) is 0 Å². The van der Waals surface area contributed by atoms with Gasteiger partial charge in [-0.05, 0) is 20.9 Å². The van der Waals surface area contributed by atoms with Gasteiger partial charge in [0.15, 0.2) is 6.29 Å². The highest BCUT2D eigenvalue weighted by atomic mass is 16.7. The van der Waals surface area contributed by atoms with Crippen molar-refractivity contribution in [2.75, 3.05) is 26.8 Å². The van der Waals surface area contributed by atoms with Crippen LogP contribution in [0.2, 0.25) is 0 Å². The van der Waals surface area contributed by atoms with Crippen molar-refractivity contribution in [3.63, 3.8) is 0 Å². The number of hydrogen-bond acceptors (Lipinski definition) is 3. The van der Waals surface area contributed by atoms with Gasteiger partial charge in [0.2, 0.25) is 0 Å². The first kappa shape index (κ1) is 14.4. The Morgan fingerprint density at radius 1 is 1.08 bits per heavy atom. The van der Waals surface area contributed by atoms with Crippen LogP contribution in [0.3, 0.4) is 0 Å². The summed E-state index contributed by atoms with van der Waals surface area (Å²) in [5.41, 5.74) is 0. The number of hydrogen-bond donors (Lipinski definition) is 1. The average molecular weight is 177 g/mol. The van der Waals surface area contributed by atoms with E-state index >= 15 is 0 Å². The minimum absolute atomic E-state index is 0.0833. The summed E-state index contributed by atoms with van der Waals surface area (Å²) in [6.07, 6.45) is -0.0833. The van der Waals surface area contributed by atoms with Crippen molar-refractivity contribution >= 4 is 0 Å². The molecule has 0 spiro atoms. The molecule has 76 valence electrons. The predicted octanol–water partition coefficient (Wildman–Crippen LogP) is 1.63. The smallest absolute Gasteiger partial charge is 0.169 e. The standard InChI is InChI=1S/C7H17NO2.C2H6/c1-4-9-7(6-8-3)10-5-2;1-2/h7-8H,4-6H2,1-3H3;1-2H3. The van der Waals surface area contributed by atoms with Crippen molar-refractivity contribution in [1.29, 1.82) is 0 Å². The Balaban J connectivity index is 0. The Labute approximate surface area is 76.4 Å². The Morgan fingerprint density at radius 3 is 1.75 bits per heavy atom. The molecule has 0 aliphatic rings. The summed E-state index contributed by atoms with van der Waals surface area (Å²) in [6, 6.07) is 0.